The standard InChI is InChI=1S/C22H21BrN2O3S/c1-17-6-5-7-18(14-17)15-24-22(26)16-25(20-12-10-19(23)11-13-20)29(27,28)21-8-3-2-4-9-21/h2-14H,15-16H2,1H3,(H,24,26). The van der Waals surface area contributed by atoms with E-state index in [9.17, 15) is 13.2 Å². The van der Waals surface area contributed by atoms with Gasteiger partial charge in [0.2, 0.25) is 5.91 Å². The molecule has 150 valence electrons. The molecule has 0 atom stereocenters. The first-order valence-corrected chi connectivity index (χ1v) is 11.3. The zero-order valence-corrected chi connectivity index (χ0v) is 18.3. The minimum Gasteiger partial charge on any atom is -0.350 e. The van der Waals surface area contributed by atoms with Gasteiger partial charge in [-0.05, 0) is 48.9 Å². The molecule has 0 saturated heterocycles. The van der Waals surface area contributed by atoms with Gasteiger partial charge in [-0.3, -0.25) is 9.10 Å². The Kier molecular flexibility index (Phi) is 6.71. The van der Waals surface area contributed by atoms with Gasteiger partial charge in [0.1, 0.15) is 6.54 Å². The number of nitrogens with zero attached hydrogens (tertiary/aromatic N) is 1. The molecule has 1 amide bonds. The van der Waals surface area contributed by atoms with E-state index in [4.69, 9.17) is 0 Å². The van der Waals surface area contributed by atoms with Crippen molar-refractivity contribution in [3.63, 3.8) is 0 Å². The smallest absolute Gasteiger partial charge is 0.264 e. The maximum Gasteiger partial charge on any atom is 0.264 e. The normalized spacial score (nSPS) is 11.1. The molecule has 0 aliphatic rings. The summed E-state index contributed by atoms with van der Waals surface area (Å²) in [6, 6.07) is 22.7. The van der Waals surface area contributed by atoms with Crippen LogP contribution >= 0.6 is 15.9 Å². The zero-order valence-electron chi connectivity index (χ0n) is 15.9. The first-order chi connectivity index (χ1) is 13.9. The fourth-order valence-corrected chi connectivity index (χ4v) is 4.56. The summed E-state index contributed by atoms with van der Waals surface area (Å²) in [5, 5.41) is 2.81. The second-order valence-corrected chi connectivity index (χ2v) is 9.34. The summed E-state index contributed by atoms with van der Waals surface area (Å²) in [6.07, 6.45) is 0. The number of carbonyl (C=O) groups excluding carboxylic acids is 1. The first kappa shape index (κ1) is 21.1. The molecule has 0 spiro atoms. The maximum absolute atomic E-state index is 13.2. The van der Waals surface area contributed by atoms with Crippen molar-refractivity contribution in [3.8, 4) is 0 Å². The highest BCUT2D eigenvalue weighted by atomic mass is 79.9. The summed E-state index contributed by atoms with van der Waals surface area (Å²) in [6.45, 7) is 2.00. The number of benzene rings is 3. The van der Waals surface area contributed by atoms with Gasteiger partial charge < -0.3 is 5.32 Å². The summed E-state index contributed by atoms with van der Waals surface area (Å²) in [4.78, 5) is 12.7. The van der Waals surface area contributed by atoms with Crippen LogP contribution < -0.4 is 9.62 Å². The van der Waals surface area contributed by atoms with Crippen molar-refractivity contribution in [2.24, 2.45) is 0 Å². The van der Waals surface area contributed by atoms with E-state index in [1.165, 1.54) is 12.1 Å². The minimum atomic E-state index is -3.89. The van der Waals surface area contributed by atoms with Gasteiger partial charge in [0.15, 0.2) is 0 Å². The Hall–Kier alpha value is -2.64. The number of amides is 1. The molecule has 3 aromatic carbocycles. The van der Waals surface area contributed by atoms with Gasteiger partial charge in [-0.15, -0.1) is 0 Å². The van der Waals surface area contributed by atoms with E-state index in [0.717, 1.165) is 19.9 Å². The largest absolute Gasteiger partial charge is 0.350 e. The molecule has 0 radical (unpaired) electrons. The predicted molar refractivity (Wildman–Crippen MR) is 118 cm³/mol. The van der Waals surface area contributed by atoms with E-state index in [1.807, 2.05) is 31.2 Å². The van der Waals surface area contributed by atoms with Crippen molar-refractivity contribution >= 4 is 37.5 Å². The molecule has 0 aromatic heterocycles. The Bertz CT molecular complexity index is 1080. The summed E-state index contributed by atoms with van der Waals surface area (Å²) in [5.74, 6) is -0.381. The van der Waals surface area contributed by atoms with E-state index < -0.39 is 10.0 Å². The molecular formula is C22H21BrN2O3S. The Balaban J connectivity index is 1.83. The molecule has 0 fully saturated rings. The number of hydrogen-bond acceptors (Lipinski definition) is 3. The summed E-state index contributed by atoms with van der Waals surface area (Å²) < 4.78 is 28.4. The summed E-state index contributed by atoms with van der Waals surface area (Å²) in [5.41, 5.74) is 2.47. The maximum atomic E-state index is 13.2. The highest BCUT2D eigenvalue weighted by Crippen LogP contribution is 2.25. The molecule has 3 aromatic rings. The van der Waals surface area contributed by atoms with Gasteiger partial charge in [-0.2, -0.15) is 0 Å². The van der Waals surface area contributed by atoms with Gasteiger partial charge in [-0.25, -0.2) is 8.42 Å². The van der Waals surface area contributed by atoms with Crippen LogP contribution in [-0.4, -0.2) is 20.9 Å². The van der Waals surface area contributed by atoms with Crippen molar-refractivity contribution in [1.82, 2.24) is 5.32 Å². The first-order valence-electron chi connectivity index (χ1n) is 9.02. The van der Waals surface area contributed by atoms with Crippen LogP contribution in [0.3, 0.4) is 0 Å². The zero-order chi connectivity index (χ0) is 20.9. The molecule has 0 aliphatic carbocycles. The number of hydrogen-bond donors (Lipinski definition) is 1. The molecule has 0 bridgehead atoms. The van der Waals surface area contributed by atoms with Gasteiger partial charge >= 0.3 is 0 Å². The van der Waals surface area contributed by atoms with Crippen molar-refractivity contribution in [2.45, 2.75) is 18.4 Å². The van der Waals surface area contributed by atoms with Crippen LogP contribution in [0.5, 0.6) is 0 Å². The average molecular weight is 473 g/mol. The van der Waals surface area contributed by atoms with E-state index in [0.29, 0.717) is 12.2 Å². The monoisotopic (exact) mass is 472 g/mol. The van der Waals surface area contributed by atoms with Gasteiger partial charge in [0.05, 0.1) is 10.6 Å². The Labute approximate surface area is 179 Å². The van der Waals surface area contributed by atoms with E-state index >= 15 is 0 Å². The molecule has 0 aliphatic heterocycles. The van der Waals surface area contributed by atoms with Crippen LogP contribution in [0, 0.1) is 6.92 Å². The minimum absolute atomic E-state index is 0.134. The van der Waals surface area contributed by atoms with Crippen molar-refractivity contribution in [1.29, 1.82) is 0 Å². The number of nitrogens with one attached hydrogen (secondary N) is 1. The highest BCUT2D eigenvalue weighted by Gasteiger charge is 2.27. The second kappa shape index (κ2) is 9.24. The van der Waals surface area contributed by atoms with E-state index in [-0.39, 0.29) is 17.3 Å². The van der Waals surface area contributed by atoms with Crippen LogP contribution in [0.15, 0.2) is 88.2 Å². The Morgan fingerprint density at radius 1 is 0.966 bits per heavy atom. The molecular weight excluding hydrogens is 452 g/mol. The van der Waals surface area contributed by atoms with Crippen molar-refractivity contribution < 1.29 is 13.2 Å². The quantitative estimate of drug-likeness (QED) is 0.558. The number of carbonyl (C=O) groups is 1. The number of aryl methyl sites for hydroxylation is 1. The Morgan fingerprint density at radius 3 is 2.31 bits per heavy atom. The summed E-state index contributed by atoms with van der Waals surface area (Å²) in [7, 11) is -3.89. The third-order valence-corrected chi connectivity index (χ3v) is 6.62. The van der Waals surface area contributed by atoms with Gasteiger partial charge in [0, 0.05) is 11.0 Å². The molecule has 0 heterocycles. The lowest BCUT2D eigenvalue weighted by Crippen LogP contribution is -2.40. The van der Waals surface area contributed by atoms with Crippen LogP contribution in [0.25, 0.3) is 0 Å². The number of halogens is 1. The number of rotatable bonds is 7. The molecule has 1 N–H and O–H groups in total. The van der Waals surface area contributed by atoms with Crippen LogP contribution in [0.2, 0.25) is 0 Å². The third kappa shape index (κ3) is 5.46. The van der Waals surface area contributed by atoms with Crippen molar-refractivity contribution in [2.75, 3.05) is 10.8 Å². The van der Waals surface area contributed by atoms with Gasteiger partial charge in [-0.1, -0.05) is 64.0 Å². The Morgan fingerprint density at radius 2 is 1.66 bits per heavy atom. The number of anilines is 1. The number of sulfonamides is 1. The molecule has 0 saturated carbocycles. The average Bonchev–Trinajstić information content (AvgIpc) is 2.72. The third-order valence-electron chi connectivity index (χ3n) is 4.31. The molecule has 7 heteroatoms. The van der Waals surface area contributed by atoms with E-state index in [1.54, 1.807) is 42.5 Å². The van der Waals surface area contributed by atoms with Crippen molar-refractivity contribution in [3.05, 3.63) is 94.5 Å². The second-order valence-electron chi connectivity index (χ2n) is 6.57. The topological polar surface area (TPSA) is 66.5 Å². The predicted octanol–water partition coefficient (Wildman–Crippen LogP) is 4.27. The molecule has 3 rings (SSSR count). The summed E-state index contributed by atoms with van der Waals surface area (Å²) >= 11 is 3.35. The lowest BCUT2D eigenvalue weighted by molar-refractivity contribution is -0.119. The fraction of sp³-hybridized carbons (Fsp3) is 0.136. The highest BCUT2D eigenvalue weighted by molar-refractivity contribution is 9.10. The lowest BCUT2D eigenvalue weighted by Gasteiger charge is -2.24. The molecule has 5 nitrogen and oxygen atoms in total. The molecule has 0 unspecified atom stereocenters. The van der Waals surface area contributed by atoms with Crippen LogP contribution in [-0.2, 0) is 21.4 Å². The molecule has 29 heavy (non-hydrogen) atoms. The van der Waals surface area contributed by atoms with E-state index in [2.05, 4.69) is 21.2 Å². The van der Waals surface area contributed by atoms with Crippen LogP contribution in [0.4, 0.5) is 5.69 Å². The van der Waals surface area contributed by atoms with Crippen LogP contribution in [0.1, 0.15) is 11.1 Å². The fourth-order valence-electron chi connectivity index (χ4n) is 2.85. The van der Waals surface area contributed by atoms with Gasteiger partial charge in [0.25, 0.3) is 10.0 Å². The lowest BCUT2D eigenvalue weighted by atomic mass is 10.1. The SMILES string of the molecule is Cc1cccc(CNC(=O)CN(c2ccc(Br)cc2)S(=O)(=O)c2ccccc2)c1.